The number of hydrogen-bond donors (Lipinski definition) is 0. The first-order valence-electron chi connectivity index (χ1n) is 5.50. The highest BCUT2D eigenvalue weighted by Crippen LogP contribution is 2.18. The highest BCUT2D eigenvalue weighted by atomic mass is 16.5. The second-order valence-corrected chi connectivity index (χ2v) is 3.67. The summed E-state index contributed by atoms with van der Waals surface area (Å²) in [4.78, 5) is 11.4. The molecule has 1 rings (SSSR count). The van der Waals surface area contributed by atoms with Crippen LogP contribution < -0.4 is 4.74 Å². The van der Waals surface area contributed by atoms with E-state index in [1.807, 2.05) is 19.1 Å². The SMILES string of the molecule is CCCCOc1ccc(C)c(C(=O)OC)c1. The zero-order valence-electron chi connectivity index (χ0n) is 10.1. The molecule has 3 heteroatoms. The lowest BCUT2D eigenvalue weighted by Crippen LogP contribution is -2.05. The van der Waals surface area contributed by atoms with Gasteiger partial charge in [0.25, 0.3) is 0 Å². The van der Waals surface area contributed by atoms with Crippen LogP contribution in [-0.2, 0) is 4.74 Å². The van der Waals surface area contributed by atoms with Crippen molar-refractivity contribution in [1.29, 1.82) is 0 Å². The number of esters is 1. The lowest BCUT2D eigenvalue weighted by molar-refractivity contribution is 0.0599. The van der Waals surface area contributed by atoms with E-state index in [2.05, 4.69) is 6.92 Å². The Morgan fingerprint density at radius 1 is 1.38 bits per heavy atom. The Kier molecular flexibility index (Phi) is 4.83. The average molecular weight is 222 g/mol. The topological polar surface area (TPSA) is 35.5 Å². The van der Waals surface area contributed by atoms with Gasteiger partial charge in [-0.3, -0.25) is 0 Å². The van der Waals surface area contributed by atoms with Crippen LogP contribution in [0.5, 0.6) is 5.75 Å². The van der Waals surface area contributed by atoms with E-state index in [0.717, 1.165) is 24.2 Å². The zero-order chi connectivity index (χ0) is 12.0. The van der Waals surface area contributed by atoms with Crippen LogP contribution in [0.4, 0.5) is 0 Å². The molecular weight excluding hydrogens is 204 g/mol. The molecule has 0 amide bonds. The summed E-state index contributed by atoms with van der Waals surface area (Å²) in [7, 11) is 1.38. The average Bonchev–Trinajstić information content (AvgIpc) is 2.30. The van der Waals surface area contributed by atoms with E-state index in [1.54, 1.807) is 6.07 Å². The molecule has 1 aromatic rings. The first-order valence-corrected chi connectivity index (χ1v) is 5.50. The van der Waals surface area contributed by atoms with E-state index in [-0.39, 0.29) is 5.97 Å². The van der Waals surface area contributed by atoms with Gasteiger partial charge >= 0.3 is 5.97 Å². The molecule has 0 aliphatic heterocycles. The summed E-state index contributed by atoms with van der Waals surface area (Å²) in [6.45, 7) is 4.67. The lowest BCUT2D eigenvalue weighted by Gasteiger charge is -2.08. The largest absolute Gasteiger partial charge is 0.494 e. The normalized spacial score (nSPS) is 9.94. The van der Waals surface area contributed by atoms with Crippen LogP contribution in [0.2, 0.25) is 0 Å². The van der Waals surface area contributed by atoms with Gasteiger partial charge in [0.05, 0.1) is 19.3 Å². The lowest BCUT2D eigenvalue weighted by atomic mass is 10.1. The zero-order valence-corrected chi connectivity index (χ0v) is 10.1. The van der Waals surface area contributed by atoms with Crippen LogP contribution in [0.1, 0.15) is 35.7 Å². The third kappa shape index (κ3) is 3.26. The van der Waals surface area contributed by atoms with E-state index in [9.17, 15) is 4.79 Å². The Hall–Kier alpha value is -1.51. The number of methoxy groups -OCH3 is 1. The summed E-state index contributed by atoms with van der Waals surface area (Å²) in [6.07, 6.45) is 2.11. The number of carbonyl (C=O) groups is 1. The van der Waals surface area contributed by atoms with Gasteiger partial charge in [-0.1, -0.05) is 19.4 Å². The Morgan fingerprint density at radius 3 is 2.75 bits per heavy atom. The minimum absolute atomic E-state index is 0.321. The van der Waals surface area contributed by atoms with Gasteiger partial charge in [-0.05, 0) is 31.0 Å². The summed E-state index contributed by atoms with van der Waals surface area (Å²) >= 11 is 0. The van der Waals surface area contributed by atoms with Crippen molar-refractivity contribution in [3.05, 3.63) is 29.3 Å². The number of ether oxygens (including phenoxy) is 2. The number of aryl methyl sites for hydroxylation is 1. The van der Waals surface area contributed by atoms with Gasteiger partial charge in [0.1, 0.15) is 5.75 Å². The van der Waals surface area contributed by atoms with Crippen LogP contribution in [0, 0.1) is 6.92 Å². The van der Waals surface area contributed by atoms with Crippen LogP contribution in [-0.4, -0.2) is 19.7 Å². The molecule has 0 aliphatic carbocycles. The minimum atomic E-state index is -0.321. The molecule has 16 heavy (non-hydrogen) atoms. The van der Waals surface area contributed by atoms with Crippen LogP contribution in [0.3, 0.4) is 0 Å². The number of hydrogen-bond acceptors (Lipinski definition) is 3. The van der Waals surface area contributed by atoms with Crippen molar-refractivity contribution in [3.8, 4) is 5.75 Å². The predicted octanol–water partition coefficient (Wildman–Crippen LogP) is 2.96. The molecule has 0 N–H and O–H groups in total. The monoisotopic (exact) mass is 222 g/mol. The quantitative estimate of drug-likeness (QED) is 0.567. The smallest absolute Gasteiger partial charge is 0.338 e. The fourth-order valence-electron chi connectivity index (χ4n) is 1.36. The van der Waals surface area contributed by atoms with Crippen molar-refractivity contribution in [2.45, 2.75) is 26.7 Å². The van der Waals surface area contributed by atoms with Gasteiger partial charge in [0, 0.05) is 0 Å². The van der Waals surface area contributed by atoms with Gasteiger partial charge in [0.15, 0.2) is 0 Å². The molecule has 0 unspecified atom stereocenters. The fourth-order valence-corrected chi connectivity index (χ4v) is 1.36. The van der Waals surface area contributed by atoms with Crippen molar-refractivity contribution in [2.24, 2.45) is 0 Å². The summed E-state index contributed by atoms with van der Waals surface area (Å²) in [6, 6.07) is 5.47. The van der Waals surface area contributed by atoms with Gasteiger partial charge in [-0.25, -0.2) is 4.79 Å². The Morgan fingerprint density at radius 2 is 2.12 bits per heavy atom. The van der Waals surface area contributed by atoms with Gasteiger partial charge < -0.3 is 9.47 Å². The number of benzene rings is 1. The number of unbranched alkanes of at least 4 members (excludes halogenated alkanes) is 1. The second-order valence-electron chi connectivity index (χ2n) is 3.67. The van der Waals surface area contributed by atoms with E-state index in [1.165, 1.54) is 7.11 Å². The molecule has 0 spiro atoms. The minimum Gasteiger partial charge on any atom is -0.494 e. The van der Waals surface area contributed by atoms with Crippen molar-refractivity contribution in [2.75, 3.05) is 13.7 Å². The summed E-state index contributed by atoms with van der Waals surface area (Å²) < 4.78 is 10.2. The van der Waals surface area contributed by atoms with Crippen molar-refractivity contribution < 1.29 is 14.3 Å². The van der Waals surface area contributed by atoms with Crippen LogP contribution in [0.15, 0.2) is 18.2 Å². The molecule has 0 fully saturated rings. The first kappa shape index (κ1) is 12.6. The molecule has 0 atom stereocenters. The second kappa shape index (κ2) is 6.16. The molecule has 0 aromatic heterocycles. The molecular formula is C13H18O3. The third-order valence-electron chi connectivity index (χ3n) is 2.38. The number of rotatable bonds is 5. The van der Waals surface area contributed by atoms with E-state index in [0.29, 0.717) is 12.2 Å². The van der Waals surface area contributed by atoms with E-state index >= 15 is 0 Å². The molecule has 0 saturated heterocycles. The Bertz CT molecular complexity index is 358. The van der Waals surface area contributed by atoms with Gasteiger partial charge in [-0.15, -0.1) is 0 Å². The predicted molar refractivity (Wildman–Crippen MR) is 62.9 cm³/mol. The number of carbonyl (C=O) groups excluding carboxylic acids is 1. The summed E-state index contributed by atoms with van der Waals surface area (Å²) in [5, 5.41) is 0. The maximum Gasteiger partial charge on any atom is 0.338 e. The van der Waals surface area contributed by atoms with Gasteiger partial charge in [-0.2, -0.15) is 0 Å². The maximum atomic E-state index is 11.4. The molecule has 0 heterocycles. The van der Waals surface area contributed by atoms with Crippen LogP contribution in [0.25, 0.3) is 0 Å². The van der Waals surface area contributed by atoms with Crippen molar-refractivity contribution >= 4 is 5.97 Å². The van der Waals surface area contributed by atoms with Crippen LogP contribution >= 0.6 is 0 Å². The summed E-state index contributed by atoms with van der Waals surface area (Å²) in [5.41, 5.74) is 1.46. The molecule has 88 valence electrons. The molecule has 3 nitrogen and oxygen atoms in total. The third-order valence-corrected chi connectivity index (χ3v) is 2.38. The van der Waals surface area contributed by atoms with Crippen molar-refractivity contribution in [3.63, 3.8) is 0 Å². The Balaban J connectivity index is 2.77. The molecule has 0 aliphatic rings. The summed E-state index contributed by atoms with van der Waals surface area (Å²) in [5.74, 6) is 0.401. The van der Waals surface area contributed by atoms with Gasteiger partial charge in [0.2, 0.25) is 0 Å². The van der Waals surface area contributed by atoms with Crippen molar-refractivity contribution in [1.82, 2.24) is 0 Å². The van der Waals surface area contributed by atoms with E-state index in [4.69, 9.17) is 9.47 Å². The standard InChI is InChI=1S/C13H18O3/c1-4-5-8-16-11-7-6-10(2)12(9-11)13(14)15-3/h6-7,9H,4-5,8H2,1-3H3. The fraction of sp³-hybridized carbons (Fsp3) is 0.462. The molecule has 0 saturated carbocycles. The molecule has 0 radical (unpaired) electrons. The highest BCUT2D eigenvalue weighted by Gasteiger charge is 2.10. The highest BCUT2D eigenvalue weighted by molar-refractivity contribution is 5.91. The van der Waals surface area contributed by atoms with E-state index < -0.39 is 0 Å². The first-order chi connectivity index (χ1) is 7.69. The maximum absolute atomic E-state index is 11.4. The molecule has 1 aromatic carbocycles. The molecule has 0 bridgehead atoms. The Labute approximate surface area is 96.4 Å².